The number of aryl methyl sites for hydroxylation is 1. The van der Waals surface area contributed by atoms with E-state index in [1.807, 2.05) is 63.2 Å². The number of allylic oxidation sites excluding steroid dienone is 3. The smallest absolute Gasteiger partial charge is 0.162 e. The van der Waals surface area contributed by atoms with Crippen LogP contribution in [-0.4, -0.2) is 10.9 Å². The van der Waals surface area contributed by atoms with Crippen molar-refractivity contribution in [1.82, 2.24) is 0 Å². The summed E-state index contributed by atoms with van der Waals surface area (Å²) < 4.78 is 5.93. The van der Waals surface area contributed by atoms with E-state index in [9.17, 15) is 9.90 Å². The minimum absolute atomic E-state index is 0.151. The van der Waals surface area contributed by atoms with Crippen LogP contribution in [0.5, 0.6) is 11.5 Å². The first kappa shape index (κ1) is 16.1. The summed E-state index contributed by atoms with van der Waals surface area (Å²) in [5.41, 5.74) is 4.61. The highest BCUT2D eigenvalue weighted by atomic mass is 16.5. The Morgan fingerprint density at radius 3 is 2.25 bits per heavy atom. The Balaban J connectivity index is 1.80. The summed E-state index contributed by atoms with van der Waals surface area (Å²) in [6.45, 7) is 5.63. The quantitative estimate of drug-likeness (QED) is 0.871. The molecule has 0 atom stereocenters. The van der Waals surface area contributed by atoms with Gasteiger partial charge < -0.3 is 9.84 Å². The molecule has 24 heavy (non-hydrogen) atoms. The molecule has 0 saturated carbocycles. The van der Waals surface area contributed by atoms with E-state index in [2.05, 4.69) is 0 Å². The van der Waals surface area contributed by atoms with Crippen LogP contribution in [0, 0.1) is 6.92 Å². The summed E-state index contributed by atoms with van der Waals surface area (Å²) in [7, 11) is 0. The molecule has 1 N–H and O–H groups in total. The molecule has 0 amide bonds. The first-order valence-electron chi connectivity index (χ1n) is 7.95. The number of Topliss-reactive ketones (excluding diaryl/α,β-unsaturated/α-hetero) is 1. The number of hydrogen-bond acceptors (Lipinski definition) is 3. The van der Waals surface area contributed by atoms with Gasteiger partial charge in [0.2, 0.25) is 0 Å². The van der Waals surface area contributed by atoms with Crippen molar-refractivity contribution in [2.45, 2.75) is 27.2 Å². The molecular weight excluding hydrogens is 300 g/mol. The van der Waals surface area contributed by atoms with Crippen LogP contribution < -0.4 is 4.74 Å². The van der Waals surface area contributed by atoms with Gasteiger partial charge in [0.25, 0.3) is 0 Å². The van der Waals surface area contributed by atoms with E-state index in [4.69, 9.17) is 4.74 Å². The molecule has 0 spiro atoms. The van der Waals surface area contributed by atoms with Crippen molar-refractivity contribution in [3.8, 4) is 22.6 Å². The summed E-state index contributed by atoms with van der Waals surface area (Å²) in [4.78, 5) is 11.7. The Morgan fingerprint density at radius 1 is 0.917 bits per heavy atom. The summed E-state index contributed by atoms with van der Waals surface area (Å²) in [6.07, 6.45) is 2.23. The number of ketones is 1. The minimum atomic E-state index is 0.151. The second-order valence-corrected chi connectivity index (χ2v) is 6.07. The molecule has 2 aromatic carbocycles. The van der Waals surface area contributed by atoms with Crippen LogP contribution in [0.2, 0.25) is 0 Å². The standard InChI is InChI=1S/C21H20O3/c1-13-12-17(6-9-19(13)22)16-4-7-18(8-5-16)24-21-11-10-20(23)14(2)15(21)3/h4-9,11-12,22H,10H2,1-3H3. The fraction of sp³-hybridized carbons (Fsp3) is 0.190. The number of phenols is 1. The predicted octanol–water partition coefficient (Wildman–Crippen LogP) is 4.94. The van der Waals surface area contributed by atoms with Gasteiger partial charge in [0.15, 0.2) is 5.78 Å². The fourth-order valence-electron chi connectivity index (χ4n) is 2.68. The Labute approximate surface area is 141 Å². The maximum atomic E-state index is 11.7. The van der Waals surface area contributed by atoms with Crippen molar-refractivity contribution < 1.29 is 14.6 Å². The highest BCUT2D eigenvalue weighted by molar-refractivity contribution is 5.98. The normalized spacial score (nSPS) is 14.6. The van der Waals surface area contributed by atoms with E-state index in [1.54, 1.807) is 6.07 Å². The third-order valence-electron chi connectivity index (χ3n) is 4.44. The molecule has 0 bridgehead atoms. The largest absolute Gasteiger partial charge is 0.508 e. The lowest BCUT2D eigenvalue weighted by molar-refractivity contribution is -0.115. The molecule has 0 fully saturated rings. The molecule has 0 radical (unpaired) electrons. The average molecular weight is 320 g/mol. The van der Waals surface area contributed by atoms with Crippen molar-refractivity contribution in [2.24, 2.45) is 0 Å². The number of benzene rings is 2. The number of carbonyl (C=O) groups is 1. The lowest BCUT2D eigenvalue weighted by atomic mass is 9.97. The molecule has 122 valence electrons. The molecule has 0 aliphatic heterocycles. The monoisotopic (exact) mass is 320 g/mol. The molecule has 3 rings (SSSR count). The van der Waals surface area contributed by atoms with Crippen LogP contribution >= 0.6 is 0 Å². The van der Waals surface area contributed by atoms with Crippen molar-refractivity contribution in [3.63, 3.8) is 0 Å². The molecule has 1 aliphatic carbocycles. The van der Waals surface area contributed by atoms with Crippen LogP contribution in [0.25, 0.3) is 11.1 Å². The molecule has 0 saturated heterocycles. The number of aromatic hydroxyl groups is 1. The Bertz CT molecular complexity index is 855. The van der Waals surface area contributed by atoms with Crippen molar-refractivity contribution in [2.75, 3.05) is 0 Å². The van der Waals surface area contributed by atoms with Crippen molar-refractivity contribution in [1.29, 1.82) is 0 Å². The van der Waals surface area contributed by atoms with E-state index in [-0.39, 0.29) is 5.78 Å². The maximum absolute atomic E-state index is 11.7. The van der Waals surface area contributed by atoms with Gasteiger partial charge in [-0.1, -0.05) is 18.2 Å². The van der Waals surface area contributed by atoms with Gasteiger partial charge in [-0.2, -0.15) is 0 Å². The average Bonchev–Trinajstić information content (AvgIpc) is 2.58. The summed E-state index contributed by atoms with van der Waals surface area (Å²) in [6, 6.07) is 13.4. The van der Waals surface area contributed by atoms with Crippen LogP contribution in [0.4, 0.5) is 0 Å². The zero-order valence-electron chi connectivity index (χ0n) is 14.1. The maximum Gasteiger partial charge on any atom is 0.162 e. The van der Waals surface area contributed by atoms with E-state index >= 15 is 0 Å². The lowest BCUT2D eigenvalue weighted by Crippen LogP contribution is -2.11. The van der Waals surface area contributed by atoms with Gasteiger partial charge in [-0.3, -0.25) is 4.79 Å². The van der Waals surface area contributed by atoms with Gasteiger partial charge in [-0.25, -0.2) is 0 Å². The van der Waals surface area contributed by atoms with E-state index in [1.165, 1.54) is 0 Å². The van der Waals surface area contributed by atoms with E-state index in [0.717, 1.165) is 39.3 Å². The second-order valence-electron chi connectivity index (χ2n) is 6.07. The van der Waals surface area contributed by atoms with Crippen LogP contribution in [0.1, 0.15) is 25.8 Å². The van der Waals surface area contributed by atoms with Crippen molar-refractivity contribution in [3.05, 3.63) is 71.0 Å². The highest BCUT2D eigenvalue weighted by Crippen LogP contribution is 2.29. The summed E-state index contributed by atoms with van der Waals surface area (Å²) in [5.74, 6) is 1.94. The SMILES string of the molecule is CC1=C(C)C(Oc2ccc(-c3ccc(O)c(C)c3)cc2)=CCC1=O. The highest BCUT2D eigenvalue weighted by Gasteiger charge is 2.17. The summed E-state index contributed by atoms with van der Waals surface area (Å²) >= 11 is 0. The topological polar surface area (TPSA) is 46.5 Å². The third-order valence-corrected chi connectivity index (χ3v) is 4.44. The molecule has 0 unspecified atom stereocenters. The second kappa shape index (κ2) is 6.36. The molecular formula is C21H20O3. The zero-order valence-corrected chi connectivity index (χ0v) is 14.1. The molecule has 3 nitrogen and oxygen atoms in total. The number of ether oxygens (including phenoxy) is 1. The molecule has 1 aliphatic rings. The van der Waals surface area contributed by atoms with Gasteiger partial charge in [-0.15, -0.1) is 0 Å². The lowest BCUT2D eigenvalue weighted by Gasteiger charge is -2.17. The van der Waals surface area contributed by atoms with Gasteiger partial charge in [0.05, 0.1) is 0 Å². The van der Waals surface area contributed by atoms with Gasteiger partial charge in [0.1, 0.15) is 17.3 Å². The number of phenolic OH excluding ortho intramolecular Hbond substituents is 1. The van der Waals surface area contributed by atoms with Crippen LogP contribution in [0.3, 0.4) is 0 Å². The van der Waals surface area contributed by atoms with Crippen LogP contribution in [0.15, 0.2) is 65.4 Å². The van der Waals surface area contributed by atoms with Gasteiger partial charge >= 0.3 is 0 Å². The number of carbonyl (C=O) groups excluding carboxylic acids is 1. The zero-order chi connectivity index (χ0) is 17.3. The number of hydrogen-bond donors (Lipinski definition) is 1. The molecule has 2 aromatic rings. The molecule has 0 heterocycles. The Hall–Kier alpha value is -2.81. The van der Waals surface area contributed by atoms with Crippen molar-refractivity contribution >= 4 is 5.78 Å². The third kappa shape index (κ3) is 3.11. The van der Waals surface area contributed by atoms with E-state index < -0.39 is 0 Å². The predicted molar refractivity (Wildman–Crippen MR) is 95.0 cm³/mol. The molecule has 3 heteroatoms. The van der Waals surface area contributed by atoms with Gasteiger partial charge in [-0.05, 0) is 78.9 Å². The number of rotatable bonds is 3. The first-order chi connectivity index (χ1) is 11.5. The molecule has 0 aromatic heterocycles. The first-order valence-corrected chi connectivity index (χ1v) is 7.95. The van der Waals surface area contributed by atoms with Gasteiger partial charge in [0, 0.05) is 6.42 Å². The van der Waals surface area contributed by atoms with Crippen LogP contribution in [-0.2, 0) is 4.79 Å². The fourth-order valence-corrected chi connectivity index (χ4v) is 2.68. The Morgan fingerprint density at radius 2 is 1.58 bits per heavy atom. The minimum Gasteiger partial charge on any atom is -0.508 e. The summed E-state index contributed by atoms with van der Waals surface area (Å²) in [5, 5.41) is 9.63. The Kier molecular flexibility index (Phi) is 4.26. The van der Waals surface area contributed by atoms with E-state index in [0.29, 0.717) is 12.2 Å².